The number of carbonyl (C=O) groups is 2. The maximum Gasteiger partial charge on any atom is 0.242 e. The predicted octanol–water partition coefficient (Wildman–Crippen LogP) is 1.52. The molecule has 0 spiro atoms. The molecule has 0 aliphatic carbocycles. The molecule has 1 saturated heterocycles. The molecule has 19 heavy (non-hydrogen) atoms. The van der Waals surface area contributed by atoms with Gasteiger partial charge in [0.25, 0.3) is 0 Å². The summed E-state index contributed by atoms with van der Waals surface area (Å²) in [5.74, 6) is -0.0913. The van der Waals surface area contributed by atoms with Gasteiger partial charge in [-0.15, -0.1) is 0 Å². The van der Waals surface area contributed by atoms with Crippen molar-refractivity contribution in [3.8, 4) is 0 Å². The molecule has 2 N–H and O–H groups in total. The standard InChI is InChI=1S/C14H17ClN2O2/c1-9-5-6-16-14(19)13(9)17-12(18)8-10-3-2-4-11(15)7-10/h2-4,7,9,13H,5-6,8H2,1H3,(H,16,19)(H,17,18). The number of benzene rings is 1. The smallest absolute Gasteiger partial charge is 0.242 e. The summed E-state index contributed by atoms with van der Waals surface area (Å²) in [4.78, 5) is 23.6. The zero-order valence-electron chi connectivity index (χ0n) is 10.8. The molecule has 1 aliphatic rings. The topological polar surface area (TPSA) is 58.2 Å². The molecule has 2 unspecified atom stereocenters. The molecule has 0 aromatic heterocycles. The SMILES string of the molecule is CC1CCNC(=O)C1NC(=O)Cc1cccc(Cl)c1. The van der Waals surface area contributed by atoms with Crippen molar-refractivity contribution in [2.45, 2.75) is 25.8 Å². The second kappa shape index (κ2) is 6.06. The number of carbonyl (C=O) groups excluding carboxylic acids is 2. The van der Waals surface area contributed by atoms with Crippen molar-refractivity contribution in [1.82, 2.24) is 10.6 Å². The van der Waals surface area contributed by atoms with Crippen LogP contribution >= 0.6 is 11.6 Å². The van der Waals surface area contributed by atoms with E-state index in [2.05, 4.69) is 10.6 Å². The van der Waals surface area contributed by atoms with Crippen molar-refractivity contribution in [3.63, 3.8) is 0 Å². The molecule has 0 bridgehead atoms. The van der Waals surface area contributed by atoms with E-state index < -0.39 is 6.04 Å². The molecule has 0 saturated carbocycles. The van der Waals surface area contributed by atoms with Crippen LogP contribution in [-0.4, -0.2) is 24.4 Å². The normalized spacial score (nSPS) is 22.7. The summed E-state index contributed by atoms with van der Waals surface area (Å²) in [5.41, 5.74) is 0.842. The Balaban J connectivity index is 1.95. The first-order valence-corrected chi connectivity index (χ1v) is 6.75. The summed E-state index contributed by atoms with van der Waals surface area (Å²) in [6, 6.07) is 6.74. The van der Waals surface area contributed by atoms with Crippen molar-refractivity contribution in [1.29, 1.82) is 0 Å². The molecule has 1 aliphatic heterocycles. The lowest BCUT2D eigenvalue weighted by Crippen LogP contribution is -2.54. The van der Waals surface area contributed by atoms with E-state index in [0.717, 1.165) is 12.0 Å². The maximum atomic E-state index is 11.9. The fourth-order valence-electron chi connectivity index (χ4n) is 2.22. The van der Waals surface area contributed by atoms with E-state index in [1.54, 1.807) is 18.2 Å². The third-order valence-corrected chi connectivity index (χ3v) is 3.56. The van der Waals surface area contributed by atoms with Gasteiger partial charge in [-0.3, -0.25) is 9.59 Å². The Morgan fingerprint density at radius 3 is 3.00 bits per heavy atom. The van der Waals surface area contributed by atoms with Gasteiger partial charge < -0.3 is 10.6 Å². The van der Waals surface area contributed by atoms with Gasteiger partial charge in [0, 0.05) is 11.6 Å². The van der Waals surface area contributed by atoms with Gasteiger partial charge in [-0.05, 0) is 30.0 Å². The van der Waals surface area contributed by atoms with Gasteiger partial charge >= 0.3 is 0 Å². The number of rotatable bonds is 3. The average Bonchev–Trinajstić information content (AvgIpc) is 2.34. The fourth-order valence-corrected chi connectivity index (χ4v) is 2.44. The lowest BCUT2D eigenvalue weighted by Gasteiger charge is -2.29. The van der Waals surface area contributed by atoms with Crippen LogP contribution in [0.5, 0.6) is 0 Å². The van der Waals surface area contributed by atoms with E-state index in [1.807, 2.05) is 13.0 Å². The zero-order valence-corrected chi connectivity index (χ0v) is 11.5. The predicted molar refractivity (Wildman–Crippen MR) is 73.9 cm³/mol. The van der Waals surface area contributed by atoms with Crippen molar-refractivity contribution in [3.05, 3.63) is 34.9 Å². The average molecular weight is 281 g/mol. The highest BCUT2D eigenvalue weighted by Crippen LogP contribution is 2.14. The third kappa shape index (κ3) is 3.70. The number of amides is 2. The van der Waals surface area contributed by atoms with Gasteiger partial charge in [-0.25, -0.2) is 0 Å². The summed E-state index contributed by atoms with van der Waals surface area (Å²) in [6.07, 6.45) is 1.12. The highest BCUT2D eigenvalue weighted by atomic mass is 35.5. The second-order valence-corrected chi connectivity index (χ2v) is 5.35. The van der Waals surface area contributed by atoms with Crippen molar-refractivity contribution >= 4 is 23.4 Å². The van der Waals surface area contributed by atoms with E-state index in [4.69, 9.17) is 11.6 Å². The number of hydrogen-bond acceptors (Lipinski definition) is 2. The molecule has 102 valence electrons. The third-order valence-electron chi connectivity index (χ3n) is 3.32. The summed E-state index contributed by atoms with van der Waals surface area (Å²) in [7, 11) is 0. The van der Waals surface area contributed by atoms with Crippen LogP contribution < -0.4 is 10.6 Å². The molecule has 4 nitrogen and oxygen atoms in total. The highest BCUT2D eigenvalue weighted by molar-refractivity contribution is 6.30. The minimum absolute atomic E-state index is 0.0989. The first-order valence-electron chi connectivity index (χ1n) is 6.38. The lowest BCUT2D eigenvalue weighted by molar-refractivity contribution is -0.131. The molecule has 2 atom stereocenters. The Hall–Kier alpha value is -1.55. The molecule has 5 heteroatoms. The van der Waals surface area contributed by atoms with Crippen LogP contribution in [0.1, 0.15) is 18.9 Å². The van der Waals surface area contributed by atoms with Crippen LogP contribution in [0.15, 0.2) is 24.3 Å². The molecule has 1 heterocycles. The van der Waals surface area contributed by atoms with Gasteiger partial charge in [0.05, 0.1) is 6.42 Å². The molecule has 1 aromatic rings. The van der Waals surface area contributed by atoms with E-state index in [1.165, 1.54) is 0 Å². The van der Waals surface area contributed by atoms with Gasteiger partial charge in [-0.2, -0.15) is 0 Å². The molecule has 2 amide bonds. The fraction of sp³-hybridized carbons (Fsp3) is 0.429. The van der Waals surface area contributed by atoms with Crippen LogP contribution in [0.2, 0.25) is 5.02 Å². The van der Waals surface area contributed by atoms with Crippen molar-refractivity contribution in [2.24, 2.45) is 5.92 Å². The minimum atomic E-state index is -0.430. The monoisotopic (exact) mass is 280 g/mol. The van der Waals surface area contributed by atoms with Gasteiger partial charge in [0.2, 0.25) is 11.8 Å². The quantitative estimate of drug-likeness (QED) is 0.882. The van der Waals surface area contributed by atoms with Crippen molar-refractivity contribution < 1.29 is 9.59 Å². The molecule has 1 fully saturated rings. The molecule has 0 radical (unpaired) electrons. The Labute approximate surface area is 117 Å². The molecular formula is C14H17ClN2O2. The largest absolute Gasteiger partial charge is 0.354 e. The van der Waals surface area contributed by atoms with Gasteiger partial charge in [0.1, 0.15) is 6.04 Å². The van der Waals surface area contributed by atoms with Crippen LogP contribution in [-0.2, 0) is 16.0 Å². The number of nitrogens with one attached hydrogen (secondary N) is 2. The Kier molecular flexibility index (Phi) is 4.43. The van der Waals surface area contributed by atoms with E-state index in [-0.39, 0.29) is 24.2 Å². The van der Waals surface area contributed by atoms with Gasteiger partial charge in [-0.1, -0.05) is 30.7 Å². The van der Waals surface area contributed by atoms with Crippen LogP contribution in [0.4, 0.5) is 0 Å². The number of hydrogen-bond donors (Lipinski definition) is 2. The minimum Gasteiger partial charge on any atom is -0.354 e. The van der Waals surface area contributed by atoms with E-state index in [9.17, 15) is 9.59 Å². The highest BCUT2D eigenvalue weighted by Gasteiger charge is 2.29. The summed E-state index contributed by atoms with van der Waals surface area (Å²) < 4.78 is 0. The second-order valence-electron chi connectivity index (χ2n) is 4.91. The lowest BCUT2D eigenvalue weighted by atomic mass is 9.94. The number of piperidine rings is 1. The Bertz CT molecular complexity index is 490. The molecular weight excluding hydrogens is 264 g/mol. The summed E-state index contributed by atoms with van der Waals surface area (Å²) in [5, 5.41) is 6.16. The maximum absolute atomic E-state index is 11.9. The molecule has 1 aromatic carbocycles. The van der Waals surface area contributed by atoms with Crippen LogP contribution in [0, 0.1) is 5.92 Å². The Morgan fingerprint density at radius 2 is 2.32 bits per heavy atom. The van der Waals surface area contributed by atoms with Crippen LogP contribution in [0.25, 0.3) is 0 Å². The van der Waals surface area contributed by atoms with Crippen LogP contribution in [0.3, 0.4) is 0 Å². The molecule has 2 rings (SSSR count). The Morgan fingerprint density at radius 1 is 1.53 bits per heavy atom. The van der Waals surface area contributed by atoms with E-state index >= 15 is 0 Å². The first-order chi connectivity index (χ1) is 9.06. The summed E-state index contributed by atoms with van der Waals surface area (Å²) in [6.45, 7) is 2.66. The summed E-state index contributed by atoms with van der Waals surface area (Å²) >= 11 is 5.87. The van der Waals surface area contributed by atoms with E-state index in [0.29, 0.717) is 11.6 Å². The van der Waals surface area contributed by atoms with Gasteiger partial charge in [0.15, 0.2) is 0 Å². The first kappa shape index (κ1) is 13.9. The van der Waals surface area contributed by atoms with Crippen molar-refractivity contribution in [2.75, 3.05) is 6.54 Å². The number of halogens is 1. The zero-order chi connectivity index (χ0) is 13.8.